The lowest BCUT2D eigenvalue weighted by Gasteiger charge is -2.18. The predicted molar refractivity (Wildman–Crippen MR) is 60.5 cm³/mol. The second kappa shape index (κ2) is 7.35. The largest absolute Gasteiger partial charge is 0.305 e. The first-order valence-electron chi connectivity index (χ1n) is 4.53. The van der Waals surface area contributed by atoms with Crippen molar-refractivity contribution >= 4 is 22.6 Å². The molecule has 0 aliphatic rings. The molecular formula is C9H20IN. The van der Waals surface area contributed by atoms with E-state index < -0.39 is 0 Å². The number of hydrogen-bond donors (Lipinski definition) is 0. The molecule has 0 aromatic carbocycles. The minimum atomic E-state index is 0.828. The predicted octanol–water partition coefficient (Wildman–Crippen LogP) is 2.93. The lowest BCUT2D eigenvalue weighted by atomic mass is 10.3. The van der Waals surface area contributed by atoms with E-state index in [1.54, 1.807) is 0 Å². The van der Waals surface area contributed by atoms with E-state index in [1.807, 2.05) is 0 Å². The van der Waals surface area contributed by atoms with Gasteiger partial charge in [-0.3, -0.25) is 0 Å². The van der Waals surface area contributed by atoms with Crippen molar-refractivity contribution in [3.63, 3.8) is 0 Å². The molecule has 1 nitrogen and oxygen atoms in total. The van der Waals surface area contributed by atoms with Gasteiger partial charge in [-0.25, -0.2) is 0 Å². The number of unbranched alkanes of at least 4 members (excludes halogenated alkanes) is 1. The summed E-state index contributed by atoms with van der Waals surface area (Å²) in [5.74, 6) is 0. The molecule has 0 amide bonds. The van der Waals surface area contributed by atoms with Crippen LogP contribution in [0.3, 0.4) is 0 Å². The Morgan fingerprint density at radius 3 is 2.45 bits per heavy atom. The first-order chi connectivity index (χ1) is 5.20. The molecule has 0 aromatic heterocycles. The Balaban J connectivity index is 3.27. The summed E-state index contributed by atoms with van der Waals surface area (Å²) in [4.78, 5) is 2.43. The molecule has 0 N–H and O–H groups in total. The van der Waals surface area contributed by atoms with Crippen LogP contribution in [0.2, 0.25) is 0 Å². The van der Waals surface area contributed by atoms with Crippen LogP contribution in [-0.2, 0) is 0 Å². The van der Waals surface area contributed by atoms with Crippen LogP contribution < -0.4 is 0 Å². The van der Waals surface area contributed by atoms with Crippen LogP contribution in [0.25, 0.3) is 0 Å². The zero-order chi connectivity index (χ0) is 8.69. The van der Waals surface area contributed by atoms with Crippen LogP contribution in [0.5, 0.6) is 0 Å². The topological polar surface area (TPSA) is 3.24 Å². The van der Waals surface area contributed by atoms with Gasteiger partial charge >= 0.3 is 0 Å². The fourth-order valence-electron chi connectivity index (χ4n) is 0.987. The molecule has 1 atom stereocenters. The van der Waals surface area contributed by atoms with E-state index in [0.717, 1.165) is 3.92 Å². The molecule has 2 heteroatoms. The van der Waals surface area contributed by atoms with E-state index in [4.69, 9.17) is 0 Å². The van der Waals surface area contributed by atoms with Gasteiger partial charge in [0.1, 0.15) is 0 Å². The Hall–Kier alpha value is 0.690. The number of nitrogens with zero attached hydrogens (tertiary/aromatic N) is 1. The monoisotopic (exact) mass is 269 g/mol. The maximum atomic E-state index is 2.53. The molecule has 0 radical (unpaired) electrons. The lowest BCUT2D eigenvalue weighted by Crippen LogP contribution is -2.26. The summed E-state index contributed by atoms with van der Waals surface area (Å²) in [6.07, 6.45) is 3.93. The van der Waals surface area contributed by atoms with E-state index in [2.05, 4.69) is 48.4 Å². The number of alkyl halides is 1. The molecule has 0 aromatic rings. The quantitative estimate of drug-likeness (QED) is 0.529. The average molecular weight is 269 g/mol. The van der Waals surface area contributed by atoms with Crippen molar-refractivity contribution in [3.8, 4) is 0 Å². The molecule has 0 spiro atoms. The third-order valence-corrected chi connectivity index (χ3v) is 3.12. The zero-order valence-electron chi connectivity index (χ0n) is 7.94. The Kier molecular flexibility index (Phi) is 7.81. The Morgan fingerprint density at radius 1 is 1.36 bits per heavy atom. The van der Waals surface area contributed by atoms with E-state index >= 15 is 0 Å². The zero-order valence-corrected chi connectivity index (χ0v) is 10.1. The van der Waals surface area contributed by atoms with E-state index in [-0.39, 0.29) is 0 Å². The van der Waals surface area contributed by atoms with E-state index in [1.165, 1.54) is 32.4 Å². The van der Waals surface area contributed by atoms with Crippen molar-refractivity contribution in [2.75, 3.05) is 20.1 Å². The summed E-state index contributed by atoms with van der Waals surface area (Å²) in [6, 6.07) is 0. The third-order valence-electron chi connectivity index (χ3n) is 1.85. The van der Waals surface area contributed by atoms with E-state index in [9.17, 15) is 0 Å². The molecule has 0 rings (SSSR count). The molecule has 68 valence electrons. The summed E-state index contributed by atoms with van der Waals surface area (Å²) in [6.45, 7) is 7.01. The summed E-state index contributed by atoms with van der Waals surface area (Å²) in [7, 11) is 2.22. The first-order valence-corrected chi connectivity index (χ1v) is 5.77. The first kappa shape index (κ1) is 11.7. The molecule has 0 fully saturated rings. The van der Waals surface area contributed by atoms with Crippen LogP contribution in [0.15, 0.2) is 0 Å². The van der Waals surface area contributed by atoms with Crippen LogP contribution in [-0.4, -0.2) is 29.0 Å². The van der Waals surface area contributed by atoms with Gasteiger partial charge in [0.25, 0.3) is 0 Å². The highest BCUT2D eigenvalue weighted by Gasteiger charge is 2.03. The second-order valence-electron chi connectivity index (χ2n) is 3.12. The molecule has 1 unspecified atom stereocenters. The molecule has 0 aliphatic heterocycles. The molecule has 0 bridgehead atoms. The van der Waals surface area contributed by atoms with Gasteiger partial charge in [-0.05, 0) is 26.4 Å². The number of hydrogen-bond acceptors (Lipinski definition) is 1. The molecular weight excluding hydrogens is 249 g/mol. The van der Waals surface area contributed by atoms with Gasteiger partial charge in [-0.2, -0.15) is 0 Å². The maximum Gasteiger partial charge on any atom is 0.0234 e. The molecule has 0 aliphatic carbocycles. The van der Waals surface area contributed by atoms with E-state index in [0.29, 0.717) is 0 Å². The second-order valence-corrected chi connectivity index (χ2v) is 4.88. The Bertz CT molecular complexity index is 85.6. The van der Waals surface area contributed by atoms with Gasteiger partial charge in [0.2, 0.25) is 0 Å². The summed E-state index contributed by atoms with van der Waals surface area (Å²) in [5.41, 5.74) is 0. The van der Waals surface area contributed by atoms with Crippen LogP contribution in [0.1, 0.15) is 33.1 Å². The van der Waals surface area contributed by atoms with Gasteiger partial charge in [0.05, 0.1) is 0 Å². The van der Waals surface area contributed by atoms with Gasteiger partial charge in [-0.1, -0.05) is 42.9 Å². The highest BCUT2D eigenvalue weighted by Crippen LogP contribution is 2.06. The average Bonchev–Trinajstić information content (AvgIpc) is 2.00. The highest BCUT2D eigenvalue weighted by atomic mass is 127. The van der Waals surface area contributed by atoms with Crippen molar-refractivity contribution in [2.24, 2.45) is 0 Å². The van der Waals surface area contributed by atoms with Gasteiger partial charge < -0.3 is 4.90 Å². The summed E-state index contributed by atoms with van der Waals surface area (Å²) < 4.78 is 0.828. The SMILES string of the molecule is CCCCN(C)CC(I)CC. The fraction of sp³-hybridized carbons (Fsp3) is 1.00. The minimum absolute atomic E-state index is 0.828. The lowest BCUT2D eigenvalue weighted by molar-refractivity contribution is 0.330. The Morgan fingerprint density at radius 2 is 2.00 bits per heavy atom. The van der Waals surface area contributed by atoms with Gasteiger partial charge in [0, 0.05) is 10.5 Å². The molecule has 0 heterocycles. The van der Waals surface area contributed by atoms with Crippen molar-refractivity contribution in [3.05, 3.63) is 0 Å². The highest BCUT2D eigenvalue weighted by molar-refractivity contribution is 14.1. The maximum absolute atomic E-state index is 2.53. The molecule has 0 saturated carbocycles. The Labute approximate surface area is 84.7 Å². The van der Waals surface area contributed by atoms with Crippen LogP contribution in [0.4, 0.5) is 0 Å². The van der Waals surface area contributed by atoms with Gasteiger partial charge in [-0.15, -0.1) is 0 Å². The smallest absolute Gasteiger partial charge is 0.0234 e. The van der Waals surface area contributed by atoms with Crippen molar-refractivity contribution in [2.45, 2.75) is 37.0 Å². The van der Waals surface area contributed by atoms with Gasteiger partial charge in [0.15, 0.2) is 0 Å². The standard InChI is InChI=1S/C9H20IN/c1-4-6-7-11(3)8-9(10)5-2/h9H,4-8H2,1-3H3. The van der Waals surface area contributed by atoms with Crippen molar-refractivity contribution in [1.29, 1.82) is 0 Å². The number of rotatable bonds is 6. The molecule has 11 heavy (non-hydrogen) atoms. The normalized spacial score (nSPS) is 13.9. The minimum Gasteiger partial charge on any atom is -0.305 e. The van der Waals surface area contributed by atoms with Crippen molar-refractivity contribution < 1.29 is 0 Å². The summed E-state index contributed by atoms with van der Waals surface area (Å²) >= 11 is 2.53. The summed E-state index contributed by atoms with van der Waals surface area (Å²) in [5, 5.41) is 0. The molecule has 0 saturated heterocycles. The number of halogens is 1. The van der Waals surface area contributed by atoms with Crippen molar-refractivity contribution in [1.82, 2.24) is 4.90 Å². The van der Waals surface area contributed by atoms with Crippen LogP contribution in [0, 0.1) is 0 Å². The third kappa shape index (κ3) is 7.06. The fourth-order valence-corrected chi connectivity index (χ4v) is 1.66. The van der Waals surface area contributed by atoms with Crippen LogP contribution >= 0.6 is 22.6 Å².